The van der Waals surface area contributed by atoms with E-state index in [1.807, 2.05) is 45.8 Å². The second kappa shape index (κ2) is 9.43. The van der Waals surface area contributed by atoms with Gasteiger partial charge in [-0.15, -0.1) is 0 Å². The van der Waals surface area contributed by atoms with Crippen molar-refractivity contribution in [3.8, 4) is 5.75 Å². The molecule has 1 N–H and O–H groups in total. The molecule has 8 heteroatoms. The van der Waals surface area contributed by atoms with Crippen LogP contribution in [0.15, 0.2) is 24.3 Å². The van der Waals surface area contributed by atoms with Crippen molar-refractivity contribution in [1.29, 1.82) is 0 Å². The molecule has 142 valence electrons. The SMILES string of the molecule is CSCCCNC(=S)N1C[C@H](C(=O)N2CCOCC2)Oc2ccccc21. The Morgan fingerprint density at radius 2 is 2.12 bits per heavy atom. The Balaban J connectivity index is 1.71. The summed E-state index contributed by atoms with van der Waals surface area (Å²) in [6.07, 6.45) is 2.58. The number of thiocarbonyl (C=S) groups is 1. The van der Waals surface area contributed by atoms with E-state index in [0.29, 0.717) is 43.7 Å². The number of morpholine rings is 1. The predicted octanol–water partition coefficient (Wildman–Crippen LogP) is 1.74. The van der Waals surface area contributed by atoms with Gasteiger partial charge in [-0.3, -0.25) is 4.79 Å². The Hall–Kier alpha value is -1.51. The number of thioether (sulfide) groups is 1. The van der Waals surface area contributed by atoms with Crippen LogP contribution in [0, 0.1) is 0 Å². The Labute approximate surface area is 164 Å². The third-order valence-corrected chi connectivity index (χ3v) is 5.48. The molecule has 1 aromatic carbocycles. The van der Waals surface area contributed by atoms with Gasteiger partial charge in [0.1, 0.15) is 5.75 Å². The molecule has 0 saturated carbocycles. The largest absolute Gasteiger partial charge is 0.476 e. The summed E-state index contributed by atoms with van der Waals surface area (Å²) in [6.45, 7) is 3.61. The molecule has 2 heterocycles. The number of amides is 1. The topological polar surface area (TPSA) is 54.0 Å². The van der Waals surface area contributed by atoms with Crippen molar-refractivity contribution in [3.63, 3.8) is 0 Å². The fraction of sp³-hybridized carbons (Fsp3) is 0.556. The highest BCUT2D eigenvalue weighted by Crippen LogP contribution is 2.33. The molecule has 1 atom stereocenters. The molecule has 0 aliphatic carbocycles. The van der Waals surface area contributed by atoms with Gasteiger partial charge in [0.25, 0.3) is 5.91 Å². The van der Waals surface area contributed by atoms with Crippen LogP contribution in [0.1, 0.15) is 6.42 Å². The summed E-state index contributed by atoms with van der Waals surface area (Å²) in [5.41, 5.74) is 0.904. The number of benzene rings is 1. The number of rotatable bonds is 5. The first kappa shape index (κ1) is 19.3. The summed E-state index contributed by atoms with van der Waals surface area (Å²) < 4.78 is 11.3. The fourth-order valence-electron chi connectivity index (χ4n) is 3.05. The molecule has 0 radical (unpaired) electrons. The normalized spacial score (nSPS) is 19.5. The van der Waals surface area contributed by atoms with Gasteiger partial charge in [-0.2, -0.15) is 11.8 Å². The lowest BCUT2D eigenvalue weighted by Gasteiger charge is -2.38. The highest BCUT2D eigenvalue weighted by molar-refractivity contribution is 7.98. The second-order valence-corrected chi connectivity index (χ2v) is 7.57. The van der Waals surface area contributed by atoms with E-state index in [2.05, 4.69) is 11.6 Å². The molecule has 0 unspecified atom stereocenters. The minimum absolute atomic E-state index is 0.00186. The maximum atomic E-state index is 12.9. The Kier molecular flexibility index (Phi) is 6.99. The van der Waals surface area contributed by atoms with E-state index in [1.54, 1.807) is 0 Å². The molecule has 26 heavy (non-hydrogen) atoms. The number of anilines is 1. The number of carbonyl (C=O) groups is 1. The highest BCUT2D eigenvalue weighted by atomic mass is 32.2. The van der Waals surface area contributed by atoms with E-state index in [0.717, 1.165) is 24.4 Å². The van der Waals surface area contributed by atoms with E-state index in [4.69, 9.17) is 21.7 Å². The number of ether oxygens (including phenoxy) is 2. The van der Waals surface area contributed by atoms with Crippen LogP contribution in [0.5, 0.6) is 5.75 Å². The molecule has 3 rings (SSSR count). The summed E-state index contributed by atoms with van der Waals surface area (Å²) in [5.74, 6) is 1.78. The van der Waals surface area contributed by atoms with Gasteiger partial charge in [0, 0.05) is 19.6 Å². The van der Waals surface area contributed by atoms with Gasteiger partial charge in [0.05, 0.1) is 25.4 Å². The summed E-state index contributed by atoms with van der Waals surface area (Å²) in [4.78, 5) is 16.7. The van der Waals surface area contributed by atoms with Crippen molar-refractivity contribution >= 4 is 40.7 Å². The number of hydrogen-bond acceptors (Lipinski definition) is 5. The molecule has 1 fully saturated rings. The third-order valence-electron chi connectivity index (χ3n) is 4.42. The van der Waals surface area contributed by atoms with Crippen LogP contribution < -0.4 is 15.0 Å². The third kappa shape index (κ3) is 4.61. The lowest BCUT2D eigenvalue weighted by molar-refractivity contribution is -0.142. The average Bonchev–Trinajstić information content (AvgIpc) is 2.70. The first-order chi connectivity index (χ1) is 12.7. The number of nitrogens with zero attached hydrogens (tertiary/aromatic N) is 2. The van der Waals surface area contributed by atoms with Crippen molar-refractivity contribution in [2.75, 3.05) is 56.3 Å². The maximum Gasteiger partial charge on any atom is 0.265 e. The number of hydrogen-bond donors (Lipinski definition) is 1. The predicted molar refractivity (Wildman–Crippen MR) is 109 cm³/mol. The number of fused-ring (bicyclic) bond motifs is 1. The van der Waals surface area contributed by atoms with E-state index < -0.39 is 6.10 Å². The quantitative estimate of drug-likeness (QED) is 0.602. The van der Waals surface area contributed by atoms with Crippen molar-refractivity contribution in [3.05, 3.63) is 24.3 Å². The highest BCUT2D eigenvalue weighted by Gasteiger charge is 2.35. The van der Waals surface area contributed by atoms with Crippen LogP contribution in [0.25, 0.3) is 0 Å². The van der Waals surface area contributed by atoms with E-state index in [-0.39, 0.29) is 5.91 Å². The van der Waals surface area contributed by atoms with Crippen molar-refractivity contribution in [1.82, 2.24) is 10.2 Å². The number of nitrogens with one attached hydrogen (secondary N) is 1. The smallest absolute Gasteiger partial charge is 0.265 e. The maximum absolute atomic E-state index is 12.9. The molecular formula is C18H25N3O3S2. The van der Waals surface area contributed by atoms with Gasteiger partial charge in [0.2, 0.25) is 0 Å². The van der Waals surface area contributed by atoms with E-state index in [1.165, 1.54) is 0 Å². The Bertz CT molecular complexity index is 638. The zero-order chi connectivity index (χ0) is 18.4. The summed E-state index contributed by atoms with van der Waals surface area (Å²) in [7, 11) is 0. The van der Waals surface area contributed by atoms with Crippen LogP contribution in [0.3, 0.4) is 0 Å². The standard InChI is InChI=1S/C18H25N3O3S2/c1-26-12-4-7-19-18(25)21-13-16(17(22)20-8-10-23-11-9-20)24-15-6-3-2-5-14(15)21/h2-3,5-6,16H,4,7-13H2,1H3,(H,19,25)/t16-/m1/s1. The number of carbonyl (C=O) groups excluding carboxylic acids is 1. The average molecular weight is 396 g/mol. The summed E-state index contributed by atoms with van der Waals surface area (Å²) in [6, 6.07) is 7.72. The van der Waals surface area contributed by atoms with Crippen molar-refractivity contribution < 1.29 is 14.3 Å². The summed E-state index contributed by atoms with van der Waals surface area (Å²) >= 11 is 7.42. The molecule has 2 aliphatic rings. The molecule has 6 nitrogen and oxygen atoms in total. The van der Waals surface area contributed by atoms with E-state index >= 15 is 0 Å². The van der Waals surface area contributed by atoms with Gasteiger partial charge in [-0.1, -0.05) is 12.1 Å². The molecule has 0 spiro atoms. The van der Waals surface area contributed by atoms with Crippen LogP contribution in [-0.4, -0.2) is 73.4 Å². The number of para-hydroxylation sites is 2. The molecule has 1 aromatic rings. The van der Waals surface area contributed by atoms with Crippen LogP contribution >= 0.6 is 24.0 Å². The second-order valence-electron chi connectivity index (χ2n) is 6.20. The van der Waals surface area contributed by atoms with Gasteiger partial charge in [-0.25, -0.2) is 0 Å². The lowest BCUT2D eigenvalue weighted by Crippen LogP contribution is -2.55. The van der Waals surface area contributed by atoms with Crippen LogP contribution in [0.4, 0.5) is 5.69 Å². The molecule has 2 aliphatic heterocycles. The van der Waals surface area contributed by atoms with Gasteiger partial charge in [-0.05, 0) is 42.8 Å². The minimum atomic E-state index is -0.561. The van der Waals surface area contributed by atoms with Gasteiger partial charge >= 0.3 is 0 Å². The minimum Gasteiger partial charge on any atom is -0.476 e. The molecule has 0 bridgehead atoms. The fourth-order valence-corrected chi connectivity index (χ4v) is 3.76. The van der Waals surface area contributed by atoms with E-state index in [9.17, 15) is 4.79 Å². The molecule has 0 aromatic heterocycles. The van der Waals surface area contributed by atoms with Gasteiger partial charge < -0.3 is 24.6 Å². The van der Waals surface area contributed by atoms with Crippen LogP contribution in [0.2, 0.25) is 0 Å². The van der Waals surface area contributed by atoms with Crippen LogP contribution in [-0.2, 0) is 9.53 Å². The lowest BCUT2D eigenvalue weighted by atomic mass is 10.1. The summed E-state index contributed by atoms with van der Waals surface area (Å²) in [5, 5.41) is 3.95. The Morgan fingerprint density at radius 3 is 2.88 bits per heavy atom. The molecular weight excluding hydrogens is 370 g/mol. The van der Waals surface area contributed by atoms with Gasteiger partial charge in [0.15, 0.2) is 11.2 Å². The molecule has 1 amide bonds. The first-order valence-corrected chi connectivity index (χ1v) is 10.7. The first-order valence-electron chi connectivity index (χ1n) is 8.87. The monoisotopic (exact) mass is 395 g/mol. The zero-order valence-corrected chi connectivity index (χ0v) is 16.6. The molecule has 1 saturated heterocycles. The van der Waals surface area contributed by atoms with Crippen molar-refractivity contribution in [2.45, 2.75) is 12.5 Å². The van der Waals surface area contributed by atoms with Crippen molar-refractivity contribution in [2.24, 2.45) is 0 Å². The Morgan fingerprint density at radius 1 is 1.35 bits per heavy atom. The zero-order valence-electron chi connectivity index (χ0n) is 15.0.